The molecule has 0 fully saturated rings. The standard InChI is InChI=1S/C16H16N2O3.C10H9NO/c1-3-11-7-10(8-17)5-6-12(11)9-18-13-14(19)15(20)16(13)21-4-2;1-2-9-5-8(6-11)3-4-10(9)7-12/h5-7,18H,3-4,9H2,1-2H3;3-5,7H,2H2,1H3. The number of hydrogen-bond donors (Lipinski definition) is 1. The predicted octanol–water partition coefficient (Wildman–Crippen LogP) is 3.66. The van der Waals surface area contributed by atoms with Gasteiger partial charge in [0.05, 0.1) is 29.9 Å². The number of aldehydes is 1. The SMILES string of the molecule is CCOc1c(NCc2ccc(C#N)cc2CC)c(=O)c1=O.CCc1cc(C#N)ccc1C=O. The molecule has 1 N–H and O–H groups in total. The van der Waals surface area contributed by atoms with E-state index in [0.29, 0.717) is 29.8 Å². The van der Waals surface area contributed by atoms with Gasteiger partial charge in [-0.3, -0.25) is 14.4 Å². The predicted molar refractivity (Wildman–Crippen MR) is 126 cm³/mol. The van der Waals surface area contributed by atoms with Crippen LogP contribution in [0.4, 0.5) is 5.69 Å². The van der Waals surface area contributed by atoms with Crippen LogP contribution in [0.2, 0.25) is 0 Å². The Morgan fingerprint density at radius 3 is 2.03 bits per heavy atom. The molecule has 33 heavy (non-hydrogen) atoms. The van der Waals surface area contributed by atoms with Crippen molar-refractivity contribution in [1.82, 2.24) is 0 Å². The van der Waals surface area contributed by atoms with E-state index in [1.165, 1.54) is 0 Å². The number of nitriles is 2. The second-order valence-electron chi connectivity index (χ2n) is 7.09. The van der Waals surface area contributed by atoms with Gasteiger partial charge in [0.15, 0.2) is 5.75 Å². The van der Waals surface area contributed by atoms with Crippen LogP contribution in [0.1, 0.15) is 58.9 Å². The van der Waals surface area contributed by atoms with Crippen molar-refractivity contribution in [3.05, 3.63) is 90.2 Å². The van der Waals surface area contributed by atoms with Crippen LogP contribution in [0.5, 0.6) is 5.75 Å². The lowest BCUT2D eigenvalue weighted by Gasteiger charge is -2.14. The van der Waals surface area contributed by atoms with Crippen molar-refractivity contribution in [3.63, 3.8) is 0 Å². The van der Waals surface area contributed by atoms with Gasteiger partial charge in [0.1, 0.15) is 12.0 Å². The van der Waals surface area contributed by atoms with Gasteiger partial charge >= 0.3 is 0 Å². The van der Waals surface area contributed by atoms with E-state index in [4.69, 9.17) is 15.3 Å². The highest BCUT2D eigenvalue weighted by atomic mass is 16.5. The van der Waals surface area contributed by atoms with Crippen LogP contribution >= 0.6 is 0 Å². The molecule has 7 nitrogen and oxygen atoms in total. The van der Waals surface area contributed by atoms with Crippen molar-refractivity contribution in [2.24, 2.45) is 0 Å². The number of rotatable bonds is 8. The molecule has 0 aliphatic heterocycles. The second kappa shape index (κ2) is 12.0. The molecule has 0 saturated heterocycles. The first-order chi connectivity index (χ1) is 15.9. The third-order valence-corrected chi connectivity index (χ3v) is 5.11. The lowest BCUT2D eigenvalue weighted by Crippen LogP contribution is -2.35. The first kappa shape index (κ1) is 25.0. The largest absolute Gasteiger partial charge is 0.488 e. The molecule has 0 aliphatic carbocycles. The maximum Gasteiger partial charge on any atom is 0.272 e. The Morgan fingerprint density at radius 2 is 1.48 bits per heavy atom. The summed E-state index contributed by atoms with van der Waals surface area (Å²) in [6.07, 6.45) is 2.39. The Morgan fingerprint density at radius 1 is 0.879 bits per heavy atom. The van der Waals surface area contributed by atoms with Crippen molar-refractivity contribution in [3.8, 4) is 17.9 Å². The van der Waals surface area contributed by atoms with Crippen LogP contribution in [0.25, 0.3) is 0 Å². The number of hydrogen-bond acceptors (Lipinski definition) is 7. The summed E-state index contributed by atoms with van der Waals surface area (Å²) in [5.74, 6) is 0.120. The number of carbonyl (C=O) groups is 1. The van der Waals surface area contributed by atoms with E-state index in [0.717, 1.165) is 35.8 Å². The minimum Gasteiger partial charge on any atom is -0.488 e. The van der Waals surface area contributed by atoms with E-state index < -0.39 is 10.9 Å². The molecule has 0 heterocycles. The summed E-state index contributed by atoms with van der Waals surface area (Å²) in [5, 5.41) is 20.4. The molecular weight excluding hydrogens is 418 g/mol. The maximum atomic E-state index is 11.5. The average Bonchev–Trinajstić information content (AvgIpc) is 2.87. The summed E-state index contributed by atoms with van der Waals surface area (Å²) in [5.41, 5.74) is 4.00. The second-order valence-corrected chi connectivity index (χ2v) is 7.09. The summed E-state index contributed by atoms with van der Waals surface area (Å²) < 4.78 is 5.16. The molecule has 0 aliphatic rings. The molecule has 0 amide bonds. The van der Waals surface area contributed by atoms with E-state index in [1.807, 2.05) is 32.0 Å². The summed E-state index contributed by atoms with van der Waals surface area (Å²) in [6.45, 7) is 6.49. The Labute approximate surface area is 192 Å². The zero-order valence-corrected chi connectivity index (χ0v) is 18.9. The fourth-order valence-electron chi connectivity index (χ4n) is 3.29. The molecule has 168 valence electrons. The van der Waals surface area contributed by atoms with E-state index in [1.54, 1.807) is 31.2 Å². The van der Waals surface area contributed by atoms with Crippen LogP contribution in [0.3, 0.4) is 0 Å². The monoisotopic (exact) mass is 443 g/mol. The molecule has 0 radical (unpaired) electrons. The normalized spacial score (nSPS) is 9.85. The topological polar surface area (TPSA) is 120 Å². The lowest BCUT2D eigenvalue weighted by atomic mass is 10.0. The maximum absolute atomic E-state index is 11.5. The van der Waals surface area contributed by atoms with E-state index in [2.05, 4.69) is 11.4 Å². The Bertz CT molecular complexity index is 1290. The molecule has 0 spiro atoms. The number of nitrogens with one attached hydrogen (secondary N) is 1. The van der Waals surface area contributed by atoms with Crippen molar-refractivity contribution >= 4 is 12.0 Å². The first-order valence-electron chi connectivity index (χ1n) is 10.6. The molecule has 0 atom stereocenters. The van der Waals surface area contributed by atoms with Crippen LogP contribution in [-0.2, 0) is 19.4 Å². The van der Waals surface area contributed by atoms with Gasteiger partial charge in [0.25, 0.3) is 10.9 Å². The molecule has 0 aromatic heterocycles. The summed E-state index contributed by atoms with van der Waals surface area (Å²) in [4.78, 5) is 33.4. The van der Waals surface area contributed by atoms with Gasteiger partial charge in [-0.25, -0.2) is 0 Å². The van der Waals surface area contributed by atoms with Crippen LogP contribution in [0, 0.1) is 22.7 Å². The van der Waals surface area contributed by atoms with Crippen LogP contribution in [-0.4, -0.2) is 12.9 Å². The molecular formula is C26H25N3O4. The Kier molecular flexibility index (Phi) is 9.08. The minimum atomic E-state index is -0.574. The zero-order valence-electron chi connectivity index (χ0n) is 18.9. The number of ether oxygens (including phenoxy) is 1. The van der Waals surface area contributed by atoms with Crippen molar-refractivity contribution in [1.29, 1.82) is 10.5 Å². The van der Waals surface area contributed by atoms with Crippen LogP contribution < -0.4 is 20.9 Å². The fourth-order valence-corrected chi connectivity index (χ4v) is 3.29. The highest BCUT2D eigenvalue weighted by Gasteiger charge is 2.22. The van der Waals surface area contributed by atoms with Gasteiger partial charge in [0, 0.05) is 12.1 Å². The molecule has 3 rings (SSSR count). The quantitative estimate of drug-likeness (QED) is 0.417. The van der Waals surface area contributed by atoms with Gasteiger partial charge in [-0.1, -0.05) is 26.0 Å². The molecule has 0 unspecified atom stereocenters. The molecule has 3 aromatic carbocycles. The molecule has 0 bridgehead atoms. The Balaban J connectivity index is 0.000000273. The van der Waals surface area contributed by atoms with Gasteiger partial charge in [-0.15, -0.1) is 0 Å². The molecule has 3 aromatic rings. The van der Waals surface area contributed by atoms with Gasteiger partial charge in [0.2, 0.25) is 0 Å². The summed E-state index contributed by atoms with van der Waals surface area (Å²) in [7, 11) is 0. The van der Waals surface area contributed by atoms with Crippen molar-refractivity contribution in [2.75, 3.05) is 11.9 Å². The van der Waals surface area contributed by atoms with E-state index in [-0.39, 0.29) is 11.4 Å². The number of carbonyl (C=O) groups excluding carboxylic acids is 1. The number of anilines is 1. The summed E-state index contributed by atoms with van der Waals surface area (Å²) in [6, 6.07) is 14.7. The van der Waals surface area contributed by atoms with Gasteiger partial charge in [-0.2, -0.15) is 10.5 Å². The number of nitrogens with zero attached hydrogens (tertiary/aromatic N) is 2. The highest BCUT2D eigenvalue weighted by molar-refractivity contribution is 5.77. The van der Waals surface area contributed by atoms with Crippen LogP contribution in [0.15, 0.2) is 46.0 Å². The van der Waals surface area contributed by atoms with Crippen molar-refractivity contribution in [2.45, 2.75) is 40.2 Å². The number of benzene rings is 2. The number of aryl methyl sites for hydroxylation is 2. The van der Waals surface area contributed by atoms with Crippen molar-refractivity contribution < 1.29 is 9.53 Å². The zero-order chi connectivity index (χ0) is 24.4. The Hall–Kier alpha value is -4.23. The molecule has 0 saturated carbocycles. The van der Waals surface area contributed by atoms with Gasteiger partial charge in [-0.05, 0) is 60.7 Å². The smallest absolute Gasteiger partial charge is 0.272 e. The minimum absolute atomic E-state index is 0.120. The van der Waals surface area contributed by atoms with E-state index >= 15 is 0 Å². The van der Waals surface area contributed by atoms with Gasteiger partial charge < -0.3 is 10.1 Å². The van der Waals surface area contributed by atoms with E-state index in [9.17, 15) is 14.4 Å². The lowest BCUT2D eigenvalue weighted by molar-refractivity contribution is 0.112. The first-order valence-corrected chi connectivity index (χ1v) is 10.6. The average molecular weight is 444 g/mol. The third-order valence-electron chi connectivity index (χ3n) is 5.11. The fraction of sp³-hybridized carbons (Fsp3) is 0.269. The highest BCUT2D eigenvalue weighted by Crippen LogP contribution is 2.20. The third kappa shape index (κ3) is 5.93. The molecule has 7 heteroatoms. The summed E-state index contributed by atoms with van der Waals surface area (Å²) >= 11 is 0.